The van der Waals surface area contributed by atoms with Crippen molar-refractivity contribution in [3.63, 3.8) is 0 Å². The van der Waals surface area contributed by atoms with Gasteiger partial charge in [0.25, 0.3) is 5.91 Å². The number of halogens is 2. The maximum atomic E-state index is 12.4. The first-order valence-electron chi connectivity index (χ1n) is 7.45. The van der Waals surface area contributed by atoms with Crippen LogP contribution < -0.4 is 14.8 Å². The Hall–Kier alpha value is -2.63. The summed E-state index contributed by atoms with van der Waals surface area (Å²) in [6, 6.07) is 11.6. The van der Waals surface area contributed by atoms with Crippen LogP contribution in [0.4, 0.5) is 14.5 Å². The Bertz CT molecular complexity index is 717. The predicted molar refractivity (Wildman–Crippen MR) is 88.1 cm³/mol. The highest BCUT2D eigenvalue weighted by atomic mass is 19.3. The number of rotatable bonds is 6. The summed E-state index contributed by atoms with van der Waals surface area (Å²) < 4.78 is 34.1. The van der Waals surface area contributed by atoms with Crippen LogP contribution >= 0.6 is 0 Å². The molecule has 24 heavy (non-hydrogen) atoms. The third-order valence-corrected chi connectivity index (χ3v) is 3.47. The van der Waals surface area contributed by atoms with E-state index in [9.17, 15) is 13.6 Å². The van der Waals surface area contributed by atoms with Crippen LogP contribution in [0.2, 0.25) is 0 Å². The van der Waals surface area contributed by atoms with Crippen molar-refractivity contribution in [2.45, 2.75) is 26.4 Å². The average molecular weight is 335 g/mol. The van der Waals surface area contributed by atoms with Crippen LogP contribution in [0, 0.1) is 0 Å². The molecular weight excluding hydrogens is 316 g/mol. The average Bonchev–Trinajstić information content (AvgIpc) is 2.54. The molecule has 0 unspecified atom stereocenters. The molecule has 0 radical (unpaired) electrons. The lowest BCUT2D eigenvalue weighted by atomic mass is 10.0. The Kier molecular flexibility index (Phi) is 5.73. The van der Waals surface area contributed by atoms with E-state index in [0.717, 1.165) is 5.56 Å². The molecule has 2 aromatic rings. The fraction of sp³-hybridized carbons (Fsp3) is 0.278. The Morgan fingerprint density at radius 1 is 1.08 bits per heavy atom. The van der Waals surface area contributed by atoms with E-state index in [1.165, 1.54) is 25.3 Å². The summed E-state index contributed by atoms with van der Waals surface area (Å²) in [6.07, 6.45) is 0. The highest BCUT2D eigenvalue weighted by molar-refractivity contribution is 6.05. The van der Waals surface area contributed by atoms with Gasteiger partial charge in [0.1, 0.15) is 0 Å². The van der Waals surface area contributed by atoms with Gasteiger partial charge in [-0.1, -0.05) is 32.0 Å². The summed E-state index contributed by atoms with van der Waals surface area (Å²) in [7, 11) is 1.32. The number of carbonyl (C=O) groups is 1. The lowest BCUT2D eigenvalue weighted by Gasteiger charge is -2.15. The van der Waals surface area contributed by atoms with Crippen LogP contribution in [0.25, 0.3) is 0 Å². The fourth-order valence-corrected chi connectivity index (χ4v) is 2.31. The van der Waals surface area contributed by atoms with Gasteiger partial charge in [-0.15, -0.1) is 0 Å². The number of para-hydroxylation sites is 1. The monoisotopic (exact) mass is 335 g/mol. The summed E-state index contributed by atoms with van der Waals surface area (Å²) >= 11 is 0. The first-order valence-corrected chi connectivity index (χ1v) is 7.45. The molecule has 2 rings (SSSR count). The second kappa shape index (κ2) is 7.77. The largest absolute Gasteiger partial charge is 0.493 e. The third-order valence-electron chi connectivity index (χ3n) is 3.47. The molecule has 0 fully saturated rings. The minimum atomic E-state index is -2.96. The molecule has 0 aliphatic rings. The Morgan fingerprint density at radius 3 is 2.42 bits per heavy atom. The summed E-state index contributed by atoms with van der Waals surface area (Å²) in [5.74, 6) is -0.158. The number of alkyl halides is 2. The van der Waals surface area contributed by atoms with Crippen molar-refractivity contribution in [1.82, 2.24) is 0 Å². The molecule has 0 bridgehead atoms. The van der Waals surface area contributed by atoms with Crippen LogP contribution in [0.15, 0.2) is 42.5 Å². The maximum absolute atomic E-state index is 12.4. The van der Waals surface area contributed by atoms with Gasteiger partial charge in [0.05, 0.1) is 7.11 Å². The van der Waals surface area contributed by atoms with Gasteiger partial charge in [0.15, 0.2) is 11.5 Å². The van der Waals surface area contributed by atoms with Crippen molar-refractivity contribution in [2.75, 3.05) is 12.4 Å². The number of methoxy groups -OCH3 is 1. The number of hydrogen-bond acceptors (Lipinski definition) is 3. The number of anilines is 1. The quantitative estimate of drug-likeness (QED) is 0.834. The molecule has 0 spiro atoms. The molecular formula is C18H19F2NO3. The second-order valence-corrected chi connectivity index (χ2v) is 5.44. The lowest BCUT2D eigenvalue weighted by molar-refractivity contribution is -0.0512. The van der Waals surface area contributed by atoms with Crippen molar-refractivity contribution < 1.29 is 23.0 Å². The fourth-order valence-electron chi connectivity index (χ4n) is 2.31. The van der Waals surface area contributed by atoms with E-state index >= 15 is 0 Å². The summed E-state index contributed by atoms with van der Waals surface area (Å²) in [6.45, 7) is 1.10. The summed E-state index contributed by atoms with van der Waals surface area (Å²) in [5.41, 5.74) is 2.01. The summed E-state index contributed by atoms with van der Waals surface area (Å²) in [5, 5.41) is 2.84. The van der Waals surface area contributed by atoms with E-state index in [0.29, 0.717) is 5.69 Å². The van der Waals surface area contributed by atoms with E-state index in [1.807, 2.05) is 38.1 Å². The zero-order chi connectivity index (χ0) is 17.7. The molecule has 2 aromatic carbocycles. The Balaban J connectivity index is 2.24. The molecule has 1 N–H and O–H groups in total. The normalized spacial score (nSPS) is 10.8. The van der Waals surface area contributed by atoms with Crippen molar-refractivity contribution in [3.05, 3.63) is 53.6 Å². The topological polar surface area (TPSA) is 47.6 Å². The second-order valence-electron chi connectivity index (χ2n) is 5.44. The molecule has 0 aliphatic carbocycles. The first kappa shape index (κ1) is 17.7. The Labute approximate surface area is 139 Å². The van der Waals surface area contributed by atoms with Crippen LogP contribution in [-0.4, -0.2) is 19.6 Å². The van der Waals surface area contributed by atoms with E-state index in [-0.39, 0.29) is 28.9 Å². The highest BCUT2D eigenvalue weighted by Crippen LogP contribution is 2.30. The molecule has 4 nitrogen and oxygen atoms in total. The summed E-state index contributed by atoms with van der Waals surface area (Å²) in [4.78, 5) is 12.4. The molecule has 0 aromatic heterocycles. The van der Waals surface area contributed by atoms with Crippen molar-refractivity contribution in [2.24, 2.45) is 0 Å². The molecule has 0 saturated carbocycles. The van der Waals surface area contributed by atoms with Crippen molar-refractivity contribution in [3.8, 4) is 11.5 Å². The van der Waals surface area contributed by atoms with Gasteiger partial charge in [-0.05, 0) is 35.7 Å². The van der Waals surface area contributed by atoms with Gasteiger partial charge in [-0.2, -0.15) is 8.78 Å². The third kappa shape index (κ3) is 4.22. The van der Waals surface area contributed by atoms with Gasteiger partial charge in [-0.3, -0.25) is 4.79 Å². The van der Waals surface area contributed by atoms with E-state index < -0.39 is 6.61 Å². The predicted octanol–water partition coefficient (Wildman–Crippen LogP) is 4.67. The molecule has 1 amide bonds. The van der Waals surface area contributed by atoms with Gasteiger partial charge < -0.3 is 14.8 Å². The number of hydrogen-bond donors (Lipinski definition) is 1. The zero-order valence-corrected chi connectivity index (χ0v) is 13.7. The number of ether oxygens (including phenoxy) is 2. The van der Waals surface area contributed by atoms with Gasteiger partial charge in [0.2, 0.25) is 0 Å². The standard InChI is InChI=1S/C18H19F2NO3/c1-11(2)13-6-4-5-7-14(13)21-17(22)12-8-9-15(24-18(19)20)16(10-12)23-3/h4-11,18H,1-3H3,(H,21,22). The highest BCUT2D eigenvalue weighted by Gasteiger charge is 2.15. The molecule has 128 valence electrons. The number of carbonyl (C=O) groups excluding carboxylic acids is 1. The number of nitrogens with one attached hydrogen (secondary N) is 1. The SMILES string of the molecule is COc1cc(C(=O)Nc2ccccc2C(C)C)ccc1OC(F)F. The van der Waals surface area contributed by atoms with Crippen LogP contribution in [0.5, 0.6) is 11.5 Å². The zero-order valence-electron chi connectivity index (χ0n) is 13.7. The molecule has 0 heterocycles. The Morgan fingerprint density at radius 2 is 1.79 bits per heavy atom. The number of amides is 1. The molecule has 0 atom stereocenters. The molecule has 6 heteroatoms. The number of benzene rings is 2. The van der Waals surface area contributed by atoms with Crippen LogP contribution in [-0.2, 0) is 0 Å². The van der Waals surface area contributed by atoms with E-state index in [4.69, 9.17) is 4.74 Å². The minimum absolute atomic E-state index is 0.0695. The smallest absolute Gasteiger partial charge is 0.387 e. The van der Waals surface area contributed by atoms with E-state index in [2.05, 4.69) is 10.1 Å². The van der Waals surface area contributed by atoms with Gasteiger partial charge >= 0.3 is 6.61 Å². The molecule has 0 saturated heterocycles. The lowest BCUT2D eigenvalue weighted by Crippen LogP contribution is -2.14. The van der Waals surface area contributed by atoms with Crippen LogP contribution in [0.3, 0.4) is 0 Å². The van der Waals surface area contributed by atoms with E-state index in [1.54, 1.807) is 0 Å². The van der Waals surface area contributed by atoms with Crippen molar-refractivity contribution >= 4 is 11.6 Å². The minimum Gasteiger partial charge on any atom is -0.493 e. The molecule has 0 aliphatic heterocycles. The van der Waals surface area contributed by atoms with Crippen LogP contribution in [0.1, 0.15) is 35.7 Å². The van der Waals surface area contributed by atoms with Crippen molar-refractivity contribution in [1.29, 1.82) is 0 Å². The first-order chi connectivity index (χ1) is 11.4. The van der Waals surface area contributed by atoms with Gasteiger partial charge in [-0.25, -0.2) is 0 Å². The van der Waals surface area contributed by atoms with Gasteiger partial charge in [0, 0.05) is 11.3 Å². The maximum Gasteiger partial charge on any atom is 0.387 e.